The highest BCUT2D eigenvalue weighted by atomic mass is 32.1. The molecule has 1 aliphatic carbocycles. The average Bonchev–Trinajstić information content (AvgIpc) is 3.68. The van der Waals surface area contributed by atoms with E-state index >= 15 is 0 Å². The molecule has 3 aromatic heterocycles. The van der Waals surface area contributed by atoms with Gasteiger partial charge in [0.1, 0.15) is 18.4 Å². The number of nitrogens with zero attached hydrogens (tertiary/aromatic N) is 5. The lowest BCUT2D eigenvalue weighted by Gasteiger charge is -2.31. The Morgan fingerprint density at radius 2 is 1.83 bits per heavy atom. The van der Waals surface area contributed by atoms with E-state index in [2.05, 4.69) is 20.7 Å². The smallest absolute Gasteiger partial charge is 0.248 e. The van der Waals surface area contributed by atoms with Crippen molar-refractivity contribution >= 4 is 34.5 Å². The fourth-order valence-electron chi connectivity index (χ4n) is 4.35. The maximum absolute atomic E-state index is 13.7. The molecule has 0 aliphatic heterocycles. The molecule has 2 amide bonds. The molecule has 3 heterocycles. The van der Waals surface area contributed by atoms with E-state index in [1.165, 1.54) is 39.6 Å². The number of hydrogen-bond acceptors (Lipinski definition) is 7. The van der Waals surface area contributed by atoms with Gasteiger partial charge in [-0.15, -0.1) is 32.9 Å². The van der Waals surface area contributed by atoms with Crippen LogP contribution < -0.4 is 5.32 Å². The zero-order chi connectivity index (χ0) is 24.9. The van der Waals surface area contributed by atoms with E-state index in [4.69, 9.17) is 0 Å². The largest absolute Gasteiger partial charge is 0.351 e. The molecule has 0 spiro atoms. The van der Waals surface area contributed by atoms with Gasteiger partial charge in [0.15, 0.2) is 0 Å². The summed E-state index contributed by atoms with van der Waals surface area (Å²) >= 11 is 2.99. The van der Waals surface area contributed by atoms with Gasteiger partial charge in [-0.05, 0) is 65.2 Å². The first-order valence-electron chi connectivity index (χ1n) is 11.8. The Morgan fingerprint density at radius 3 is 2.53 bits per heavy atom. The Bertz CT molecular complexity index is 1280. The van der Waals surface area contributed by atoms with Crippen LogP contribution in [0.25, 0.3) is 11.4 Å². The fourth-order valence-corrected chi connectivity index (χ4v) is 5.89. The second kappa shape index (κ2) is 11.1. The summed E-state index contributed by atoms with van der Waals surface area (Å²) in [5, 5.41) is 19.4. The van der Waals surface area contributed by atoms with Crippen molar-refractivity contribution in [1.29, 1.82) is 0 Å². The second-order valence-corrected chi connectivity index (χ2v) is 10.7. The number of tetrazole rings is 1. The summed E-state index contributed by atoms with van der Waals surface area (Å²) in [5.41, 5.74) is 0.595. The number of rotatable bonds is 9. The third-order valence-corrected chi connectivity index (χ3v) is 7.92. The van der Waals surface area contributed by atoms with E-state index in [9.17, 15) is 14.0 Å². The van der Waals surface area contributed by atoms with Gasteiger partial charge in [0, 0.05) is 21.4 Å². The molecule has 1 saturated carbocycles. The summed E-state index contributed by atoms with van der Waals surface area (Å²) in [5.74, 6) is -0.540. The van der Waals surface area contributed by atoms with E-state index in [0.29, 0.717) is 11.4 Å². The molecule has 4 aromatic rings. The number of halogens is 1. The van der Waals surface area contributed by atoms with Crippen molar-refractivity contribution in [1.82, 2.24) is 30.4 Å². The fraction of sp³-hybridized carbons (Fsp3) is 0.320. The lowest BCUT2D eigenvalue weighted by molar-refractivity contribution is -0.142. The van der Waals surface area contributed by atoms with Gasteiger partial charge in [-0.25, -0.2) is 4.39 Å². The lowest BCUT2D eigenvalue weighted by Crippen LogP contribution is -2.46. The molecule has 0 radical (unpaired) electrons. The Balaban J connectivity index is 1.41. The molecular formula is C25H25FN6O2S2. The van der Waals surface area contributed by atoms with Crippen LogP contribution in [-0.2, 0) is 22.7 Å². The molecule has 1 aromatic carbocycles. The summed E-state index contributed by atoms with van der Waals surface area (Å²) in [4.78, 5) is 31.8. The molecule has 1 fully saturated rings. The van der Waals surface area contributed by atoms with Gasteiger partial charge in [0.2, 0.25) is 17.6 Å². The highest BCUT2D eigenvalue weighted by Gasteiger charge is 2.34. The molecule has 5 rings (SSSR count). The van der Waals surface area contributed by atoms with Crippen LogP contribution in [-0.4, -0.2) is 43.0 Å². The van der Waals surface area contributed by atoms with Gasteiger partial charge in [-0.2, -0.15) is 4.80 Å². The van der Waals surface area contributed by atoms with Gasteiger partial charge in [0.25, 0.3) is 0 Å². The average molecular weight is 525 g/mol. The predicted molar refractivity (Wildman–Crippen MR) is 136 cm³/mol. The van der Waals surface area contributed by atoms with E-state index in [-0.39, 0.29) is 36.8 Å². The van der Waals surface area contributed by atoms with Gasteiger partial charge in [0.05, 0.1) is 6.54 Å². The summed E-state index contributed by atoms with van der Waals surface area (Å²) in [6.07, 6.45) is 4.11. The number of nitrogens with one attached hydrogen (secondary N) is 1. The first kappa shape index (κ1) is 24.3. The van der Waals surface area contributed by atoms with Crippen LogP contribution in [0.1, 0.15) is 41.5 Å². The molecule has 1 atom stereocenters. The first-order valence-corrected chi connectivity index (χ1v) is 13.5. The Morgan fingerprint density at radius 1 is 1.08 bits per heavy atom. The number of benzene rings is 1. The third kappa shape index (κ3) is 5.68. The number of amides is 2. The Hall–Kier alpha value is -3.44. The number of aromatic nitrogens is 4. The summed E-state index contributed by atoms with van der Waals surface area (Å²) < 4.78 is 13.3. The van der Waals surface area contributed by atoms with Crippen LogP contribution in [0.5, 0.6) is 0 Å². The summed E-state index contributed by atoms with van der Waals surface area (Å²) in [7, 11) is 0. The molecule has 11 heteroatoms. The highest BCUT2D eigenvalue weighted by Crippen LogP contribution is 2.30. The molecule has 0 bridgehead atoms. The van der Waals surface area contributed by atoms with Crippen molar-refractivity contribution in [2.75, 3.05) is 0 Å². The monoisotopic (exact) mass is 524 g/mol. The highest BCUT2D eigenvalue weighted by molar-refractivity contribution is 7.10. The Labute approximate surface area is 215 Å². The molecule has 36 heavy (non-hydrogen) atoms. The predicted octanol–water partition coefficient (Wildman–Crippen LogP) is 4.43. The van der Waals surface area contributed by atoms with Crippen LogP contribution in [0.15, 0.2) is 59.3 Å². The van der Waals surface area contributed by atoms with Crippen molar-refractivity contribution in [3.63, 3.8) is 0 Å². The normalized spacial score (nSPS) is 14.6. The molecule has 1 N–H and O–H groups in total. The second-order valence-electron chi connectivity index (χ2n) is 8.66. The van der Waals surface area contributed by atoms with Crippen molar-refractivity contribution in [3.8, 4) is 11.4 Å². The van der Waals surface area contributed by atoms with Crippen LogP contribution in [0.2, 0.25) is 0 Å². The zero-order valence-corrected chi connectivity index (χ0v) is 21.1. The maximum atomic E-state index is 13.7. The van der Waals surface area contributed by atoms with Gasteiger partial charge >= 0.3 is 0 Å². The summed E-state index contributed by atoms with van der Waals surface area (Å²) in [6, 6.07) is 12.8. The van der Waals surface area contributed by atoms with E-state index in [1.807, 2.05) is 35.0 Å². The molecule has 1 aliphatic rings. The van der Waals surface area contributed by atoms with E-state index in [0.717, 1.165) is 35.4 Å². The Kier molecular flexibility index (Phi) is 7.47. The quantitative estimate of drug-likeness (QED) is 0.350. The topological polar surface area (TPSA) is 93.0 Å². The number of hydrogen-bond donors (Lipinski definition) is 1. The van der Waals surface area contributed by atoms with Crippen molar-refractivity contribution in [2.45, 2.75) is 50.9 Å². The molecule has 8 nitrogen and oxygen atoms in total. The first-order chi connectivity index (χ1) is 17.6. The van der Waals surface area contributed by atoms with Crippen molar-refractivity contribution < 1.29 is 14.0 Å². The number of carbonyl (C=O) groups excluding carboxylic acids is 2. The lowest BCUT2D eigenvalue weighted by atomic mass is 10.1. The van der Waals surface area contributed by atoms with Crippen molar-refractivity contribution in [3.05, 3.63) is 74.9 Å². The van der Waals surface area contributed by atoms with Gasteiger partial charge < -0.3 is 10.2 Å². The van der Waals surface area contributed by atoms with Crippen LogP contribution in [0, 0.1) is 5.82 Å². The minimum atomic E-state index is -0.764. The standard InChI is InChI=1S/C25H25FN6O2S2/c26-18-11-9-17(10-12-18)24-28-30-32(29-24)16-22(33)31(15-20-7-3-13-35-20)23(21-8-4-14-36-21)25(34)27-19-5-1-2-6-19/h3-4,7-14,19,23H,1-2,5-6,15-16H2,(H,27,34)/t23-/m1/s1. The minimum Gasteiger partial charge on any atom is -0.351 e. The van der Waals surface area contributed by atoms with Gasteiger partial charge in [-0.3, -0.25) is 9.59 Å². The molecular weight excluding hydrogens is 499 g/mol. The zero-order valence-electron chi connectivity index (χ0n) is 19.4. The molecule has 0 unspecified atom stereocenters. The van der Waals surface area contributed by atoms with Crippen molar-refractivity contribution in [2.24, 2.45) is 0 Å². The van der Waals surface area contributed by atoms with E-state index in [1.54, 1.807) is 17.0 Å². The molecule has 0 saturated heterocycles. The number of carbonyl (C=O) groups is 2. The minimum absolute atomic E-state index is 0.133. The van der Waals surface area contributed by atoms with Crippen LogP contribution in [0.4, 0.5) is 4.39 Å². The summed E-state index contributed by atoms with van der Waals surface area (Å²) in [6.45, 7) is 0.106. The third-order valence-electron chi connectivity index (χ3n) is 6.13. The van der Waals surface area contributed by atoms with Crippen LogP contribution >= 0.6 is 22.7 Å². The van der Waals surface area contributed by atoms with Crippen LogP contribution in [0.3, 0.4) is 0 Å². The van der Waals surface area contributed by atoms with Gasteiger partial charge in [-0.1, -0.05) is 25.0 Å². The van der Waals surface area contributed by atoms with E-state index < -0.39 is 6.04 Å². The number of thiophene rings is 2. The molecule has 186 valence electrons. The SMILES string of the molecule is O=C(NC1CCCC1)[C@@H](c1cccs1)N(Cc1cccs1)C(=O)Cn1nnc(-c2ccc(F)cc2)n1. The maximum Gasteiger partial charge on any atom is 0.248 e.